The first-order valence-corrected chi connectivity index (χ1v) is 8.96. The van der Waals surface area contributed by atoms with Crippen molar-refractivity contribution in [3.05, 3.63) is 51.3 Å². The van der Waals surface area contributed by atoms with Crippen LogP contribution in [-0.2, 0) is 6.42 Å². The molecule has 2 nitrogen and oxygen atoms in total. The van der Waals surface area contributed by atoms with E-state index in [1.807, 2.05) is 16.8 Å². The van der Waals surface area contributed by atoms with Crippen LogP contribution in [0, 0.1) is 0 Å². The summed E-state index contributed by atoms with van der Waals surface area (Å²) in [5.74, 6) is 0.365. The number of thiazole rings is 1. The van der Waals surface area contributed by atoms with Crippen LogP contribution in [0.15, 0.2) is 35.2 Å². The van der Waals surface area contributed by atoms with Gasteiger partial charge in [-0.05, 0) is 37.5 Å². The van der Waals surface area contributed by atoms with E-state index in [0.717, 1.165) is 13.0 Å². The fourth-order valence-corrected chi connectivity index (χ4v) is 4.62. The van der Waals surface area contributed by atoms with Crippen molar-refractivity contribution in [2.75, 3.05) is 20.6 Å². The summed E-state index contributed by atoms with van der Waals surface area (Å²) in [6.07, 6.45) is 1.11. The summed E-state index contributed by atoms with van der Waals surface area (Å²) >= 11 is 3.62. The lowest BCUT2D eigenvalue weighted by Gasteiger charge is -2.13. The second kappa shape index (κ2) is 6.26. The van der Waals surface area contributed by atoms with E-state index in [1.54, 1.807) is 11.3 Å². The van der Waals surface area contributed by atoms with Crippen LogP contribution in [0.3, 0.4) is 0 Å². The van der Waals surface area contributed by atoms with Crippen LogP contribution in [0.25, 0.3) is 10.1 Å². The minimum absolute atomic E-state index is 0.365. The van der Waals surface area contributed by atoms with E-state index < -0.39 is 0 Å². The Labute approximate surface area is 134 Å². The molecule has 0 aliphatic heterocycles. The topological polar surface area (TPSA) is 16.1 Å². The molecule has 0 saturated carbocycles. The van der Waals surface area contributed by atoms with Crippen molar-refractivity contribution in [2.45, 2.75) is 19.3 Å². The summed E-state index contributed by atoms with van der Waals surface area (Å²) in [5.41, 5.74) is 4.60. The Bertz CT molecular complexity index is 714. The second-order valence-electron chi connectivity index (χ2n) is 5.62. The highest BCUT2D eigenvalue weighted by Gasteiger charge is 2.20. The Morgan fingerprint density at radius 1 is 1.24 bits per heavy atom. The van der Waals surface area contributed by atoms with Crippen LogP contribution in [0.4, 0.5) is 0 Å². The summed E-state index contributed by atoms with van der Waals surface area (Å²) in [4.78, 5) is 8.28. The first kappa shape index (κ1) is 14.7. The number of hydrogen-bond acceptors (Lipinski definition) is 4. The Morgan fingerprint density at radius 2 is 2.05 bits per heavy atom. The van der Waals surface area contributed by atoms with Crippen molar-refractivity contribution in [3.8, 4) is 0 Å². The van der Waals surface area contributed by atoms with Gasteiger partial charge in [0, 0.05) is 27.4 Å². The number of rotatable bonds is 5. The molecule has 0 fully saturated rings. The van der Waals surface area contributed by atoms with Gasteiger partial charge in [-0.1, -0.05) is 25.1 Å². The molecule has 1 aromatic carbocycles. The average Bonchev–Trinajstić information content (AvgIpc) is 3.11. The van der Waals surface area contributed by atoms with Gasteiger partial charge >= 0.3 is 0 Å². The lowest BCUT2D eigenvalue weighted by atomic mass is 9.94. The first-order chi connectivity index (χ1) is 10.2. The van der Waals surface area contributed by atoms with Gasteiger partial charge in [0.25, 0.3) is 0 Å². The molecule has 110 valence electrons. The summed E-state index contributed by atoms with van der Waals surface area (Å²) in [6, 6.07) is 8.76. The zero-order valence-corrected chi connectivity index (χ0v) is 14.3. The summed E-state index contributed by atoms with van der Waals surface area (Å²) < 4.78 is 1.39. The van der Waals surface area contributed by atoms with Gasteiger partial charge in [0.1, 0.15) is 0 Å². The fourth-order valence-electron chi connectivity index (χ4n) is 2.69. The highest BCUT2D eigenvalue weighted by atomic mass is 32.1. The average molecular weight is 316 g/mol. The van der Waals surface area contributed by atoms with Gasteiger partial charge in [0.15, 0.2) is 0 Å². The molecule has 0 bridgehead atoms. The number of likely N-dealkylation sites (N-methyl/N-ethyl adjacent to an activating group) is 1. The number of fused-ring (bicyclic) bond motifs is 1. The molecule has 0 saturated heterocycles. The molecule has 21 heavy (non-hydrogen) atoms. The van der Waals surface area contributed by atoms with Crippen molar-refractivity contribution in [3.63, 3.8) is 0 Å². The molecular weight excluding hydrogens is 296 g/mol. The van der Waals surface area contributed by atoms with E-state index in [4.69, 9.17) is 0 Å². The third-order valence-corrected chi connectivity index (χ3v) is 5.68. The summed E-state index contributed by atoms with van der Waals surface area (Å²) in [6.45, 7) is 3.37. The lowest BCUT2D eigenvalue weighted by molar-refractivity contribution is 0.414. The maximum absolute atomic E-state index is 4.53. The van der Waals surface area contributed by atoms with Crippen LogP contribution in [0.1, 0.15) is 29.0 Å². The van der Waals surface area contributed by atoms with Gasteiger partial charge in [0.2, 0.25) is 0 Å². The van der Waals surface area contributed by atoms with E-state index in [1.165, 1.54) is 26.2 Å². The molecule has 2 aromatic heterocycles. The normalized spacial score (nSPS) is 13.1. The molecule has 0 N–H and O–H groups in total. The van der Waals surface area contributed by atoms with Crippen molar-refractivity contribution in [2.24, 2.45) is 0 Å². The quantitative estimate of drug-likeness (QED) is 0.683. The van der Waals surface area contributed by atoms with Crippen LogP contribution in [-0.4, -0.2) is 30.5 Å². The molecule has 0 amide bonds. The standard InChI is InChI=1S/C17H20N2S2/c1-12(14-10-20-11-18-14)17-13-6-4-5-7-15(13)21-16(17)8-9-19(2)3/h4-7,10-12H,8-9H2,1-3H3. The van der Waals surface area contributed by atoms with Gasteiger partial charge < -0.3 is 4.90 Å². The number of nitrogens with zero attached hydrogens (tertiary/aromatic N) is 2. The molecular formula is C17H20N2S2. The van der Waals surface area contributed by atoms with E-state index in [0.29, 0.717) is 5.92 Å². The number of aromatic nitrogens is 1. The summed E-state index contributed by atoms with van der Waals surface area (Å²) in [5, 5.41) is 3.57. The minimum Gasteiger partial charge on any atom is -0.309 e. The molecule has 1 unspecified atom stereocenters. The fraction of sp³-hybridized carbons (Fsp3) is 0.353. The Kier molecular flexibility index (Phi) is 4.38. The van der Waals surface area contributed by atoms with Gasteiger partial charge in [-0.25, -0.2) is 4.98 Å². The van der Waals surface area contributed by atoms with E-state index in [9.17, 15) is 0 Å². The monoisotopic (exact) mass is 316 g/mol. The Balaban J connectivity index is 2.06. The van der Waals surface area contributed by atoms with Crippen molar-refractivity contribution in [1.29, 1.82) is 0 Å². The molecule has 0 aliphatic carbocycles. The van der Waals surface area contributed by atoms with E-state index in [-0.39, 0.29) is 0 Å². The second-order valence-corrected chi connectivity index (χ2v) is 7.48. The third-order valence-electron chi connectivity index (χ3n) is 3.82. The van der Waals surface area contributed by atoms with Crippen LogP contribution in [0.5, 0.6) is 0 Å². The van der Waals surface area contributed by atoms with Crippen molar-refractivity contribution in [1.82, 2.24) is 9.88 Å². The third kappa shape index (κ3) is 3.03. The maximum Gasteiger partial charge on any atom is 0.0794 e. The van der Waals surface area contributed by atoms with Crippen molar-refractivity contribution < 1.29 is 0 Å². The van der Waals surface area contributed by atoms with Gasteiger partial charge in [-0.15, -0.1) is 22.7 Å². The van der Waals surface area contributed by atoms with Crippen molar-refractivity contribution >= 4 is 32.8 Å². The number of hydrogen-bond donors (Lipinski definition) is 0. The van der Waals surface area contributed by atoms with E-state index >= 15 is 0 Å². The van der Waals surface area contributed by atoms with E-state index in [2.05, 4.69) is 60.5 Å². The molecule has 0 spiro atoms. The lowest BCUT2D eigenvalue weighted by Crippen LogP contribution is -2.15. The minimum atomic E-state index is 0.365. The number of benzene rings is 1. The summed E-state index contributed by atoms with van der Waals surface area (Å²) in [7, 11) is 4.27. The van der Waals surface area contributed by atoms with Gasteiger partial charge in [-0.2, -0.15) is 0 Å². The van der Waals surface area contributed by atoms with Gasteiger partial charge in [-0.3, -0.25) is 0 Å². The molecule has 3 rings (SSSR count). The number of thiophene rings is 1. The molecule has 0 aliphatic rings. The molecule has 2 heterocycles. The Morgan fingerprint density at radius 3 is 2.76 bits per heavy atom. The van der Waals surface area contributed by atoms with Crippen LogP contribution < -0.4 is 0 Å². The molecule has 4 heteroatoms. The maximum atomic E-state index is 4.53. The smallest absolute Gasteiger partial charge is 0.0794 e. The highest BCUT2D eigenvalue weighted by molar-refractivity contribution is 7.19. The van der Waals surface area contributed by atoms with Crippen LogP contribution >= 0.6 is 22.7 Å². The van der Waals surface area contributed by atoms with Crippen LogP contribution in [0.2, 0.25) is 0 Å². The van der Waals surface area contributed by atoms with Gasteiger partial charge in [0.05, 0.1) is 11.2 Å². The molecule has 0 radical (unpaired) electrons. The zero-order chi connectivity index (χ0) is 14.8. The first-order valence-electron chi connectivity index (χ1n) is 7.20. The predicted molar refractivity (Wildman–Crippen MR) is 93.7 cm³/mol. The zero-order valence-electron chi connectivity index (χ0n) is 12.7. The molecule has 3 aromatic rings. The Hall–Kier alpha value is -1.23. The predicted octanol–water partition coefficient (Wildman–Crippen LogP) is 4.61. The largest absolute Gasteiger partial charge is 0.309 e. The SMILES string of the molecule is CC(c1cscn1)c1c(CCN(C)C)sc2ccccc12. The highest BCUT2D eigenvalue weighted by Crippen LogP contribution is 2.39. The molecule has 1 atom stereocenters.